The molecule has 1 aliphatic heterocycles. The van der Waals surface area contributed by atoms with Crippen molar-refractivity contribution in [2.24, 2.45) is 5.92 Å². The second kappa shape index (κ2) is 8.30. The Balaban J connectivity index is 1.75. The normalized spacial score (nSPS) is 25.6. The number of imide groups is 1. The number of urea groups is 1. The van der Waals surface area contributed by atoms with Crippen molar-refractivity contribution in [3.8, 4) is 0 Å². The van der Waals surface area contributed by atoms with Crippen molar-refractivity contribution in [1.29, 1.82) is 0 Å². The molecule has 1 aliphatic carbocycles. The first-order valence-electron chi connectivity index (χ1n) is 10.6. The first-order chi connectivity index (χ1) is 13.7. The van der Waals surface area contributed by atoms with Crippen molar-refractivity contribution in [1.82, 2.24) is 14.8 Å². The number of nitrogens with zero attached hydrogens (tertiary/aromatic N) is 2. The second-order valence-corrected chi connectivity index (χ2v) is 8.64. The fourth-order valence-electron chi connectivity index (χ4n) is 5.02. The number of aryl methyl sites for hydroxylation is 1. The molecular weight excluding hydrogens is 370 g/mol. The second-order valence-electron chi connectivity index (χ2n) is 8.64. The molecule has 1 saturated heterocycles. The van der Waals surface area contributed by atoms with Crippen LogP contribution in [0.4, 0.5) is 4.79 Å². The van der Waals surface area contributed by atoms with E-state index in [0.29, 0.717) is 30.9 Å². The Hall–Kier alpha value is -2.15. The van der Waals surface area contributed by atoms with Crippen LogP contribution >= 0.6 is 0 Å². The Bertz CT molecular complexity index is 805. The number of amides is 3. The number of ketones is 1. The lowest BCUT2D eigenvalue weighted by atomic mass is 9.75. The molecule has 29 heavy (non-hydrogen) atoms. The third-order valence-electron chi connectivity index (χ3n) is 6.72. The van der Waals surface area contributed by atoms with Crippen molar-refractivity contribution < 1.29 is 19.1 Å². The Labute approximate surface area is 172 Å². The molecule has 7 heteroatoms. The third-order valence-corrected chi connectivity index (χ3v) is 6.72. The summed E-state index contributed by atoms with van der Waals surface area (Å²) in [7, 11) is 1.65. The summed E-state index contributed by atoms with van der Waals surface area (Å²) >= 11 is 0. The van der Waals surface area contributed by atoms with Gasteiger partial charge in [0.1, 0.15) is 5.54 Å². The highest BCUT2D eigenvalue weighted by Crippen LogP contribution is 2.37. The van der Waals surface area contributed by atoms with Gasteiger partial charge in [-0.25, -0.2) is 4.79 Å². The standard InChI is InChI=1S/C22H33N3O4/c1-6-17-7-9-22(10-8-17)20(27)24(21(28)23-22)12-19(26)18-11-14(2)25(16(18)4)15(3)13-29-5/h11,15,17H,6-10,12-13H2,1-5H3,(H,23,28)/t15-,17?,22?/m1/s1. The van der Waals surface area contributed by atoms with Crippen molar-refractivity contribution in [2.75, 3.05) is 20.3 Å². The van der Waals surface area contributed by atoms with E-state index in [9.17, 15) is 14.4 Å². The van der Waals surface area contributed by atoms with Crippen LogP contribution in [0.25, 0.3) is 0 Å². The molecule has 7 nitrogen and oxygen atoms in total. The lowest BCUT2D eigenvalue weighted by Crippen LogP contribution is -2.49. The molecule has 1 saturated carbocycles. The molecule has 1 N–H and O–H groups in total. The zero-order chi connectivity index (χ0) is 21.3. The largest absolute Gasteiger partial charge is 0.383 e. The first kappa shape index (κ1) is 21.6. The van der Waals surface area contributed by atoms with Gasteiger partial charge in [-0.2, -0.15) is 0 Å². The molecule has 1 atom stereocenters. The molecule has 2 fully saturated rings. The highest BCUT2D eigenvalue weighted by Gasteiger charge is 2.52. The Morgan fingerprint density at radius 3 is 2.55 bits per heavy atom. The van der Waals surface area contributed by atoms with E-state index in [1.165, 1.54) is 0 Å². The average molecular weight is 404 g/mol. The minimum Gasteiger partial charge on any atom is -0.383 e. The molecule has 2 heterocycles. The van der Waals surface area contributed by atoms with Gasteiger partial charge in [0, 0.05) is 24.1 Å². The molecule has 0 aromatic carbocycles. The number of rotatable bonds is 7. The molecule has 0 bridgehead atoms. The maximum atomic E-state index is 13.1. The lowest BCUT2D eigenvalue weighted by Gasteiger charge is -2.34. The number of carbonyl (C=O) groups excluding carboxylic acids is 3. The fraction of sp³-hybridized carbons (Fsp3) is 0.682. The van der Waals surface area contributed by atoms with Crippen LogP contribution < -0.4 is 5.32 Å². The summed E-state index contributed by atoms with van der Waals surface area (Å²) in [4.78, 5) is 39.7. The average Bonchev–Trinajstić information content (AvgIpc) is 3.10. The van der Waals surface area contributed by atoms with Gasteiger partial charge in [0.2, 0.25) is 0 Å². The minimum absolute atomic E-state index is 0.0929. The van der Waals surface area contributed by atoms with E-state index in [1.54, 1.807) is 7.11 Å². The van der Waals surface area contributed by atoms with Crippen LogP contribution in [0.15, 0.2) is 6.07 Å². The summed E-state index contributed by atoms with van der Waals surface area (Å²) in [6.45, 7) is 8.36. The highest BCUT2D eigenvalue weighted by molar-refractivity contribution is 6.11. The number of Topliss-reactive ketones (excluding diaryl/α,β-unsaturated/α-hetero) is 1. The molecule has 0 radical (unpaired) electrons. The van der Waals surface area contributed by atoms with Gasteiger partial charge in [0.25, 0.3) is 5.91 Å². The van der Waals surface area contributed by atoms with Gasteiger partial charge in [-0.05, 0) is 58.4 Å². The van der Waals surface area contributed by atoms with Crippen LogP contribution in [0.1, 0.15) is 73.7 Å². The highest BCUT2D eigenvalue weighted by atomic mass is 16.5. The monoisotopic (exact) mass is 403 g/mol. The first-order valence-corrected chi connectivity index (χ1v) is 10.6. The van der Waals surface area contributed by atoms with Crippen LogP contribution in [0.5, 0.6) is 0 Å². The maximum Gasteiger partial charge on any atom is 0.325 e. The Kier molecular flexibility index (Phi) is 6.17. The van der Waals surface area contributed by atoms with Crippen molar-refractivity contribution >= 4 is 17.7 Å². The van der Waals surface area contributed by atoms with E-state index in [4.69, 9.17) is 4.74 Å². The van der Waals surface area contributed by atoms with Crippen molar-refractivity contribution in [2.45, 2.75) is 71.4 Å². The van der Waals surface area contributed by atoms with E-state index in [-0.39, 0.29) is 24.3 Å². The van der Waals surface area contributed by atoms with Gasteiger partial charge >= 0.3 is 6.03 Å². The predicted octanol–water partition coefficient (Wildman–Crippen LogP) is 3.39. The molecule has 3 amide bonds. The van der Waals surface area contributed by atoms with Gasteiger partial charge in [0.15, 0.2) is 5.78 Å². The molecular formula is C22H33N3O4. The van der Waals surface area contributed by atoms with E-state index in [1.807, 2.05) is 26.8 Å². The molecule has 1 aromatic rings. The Morgan fingerprint density at radius 2 is 1.97 bits per heavy atom. The number of nitrogens with one attached hydrogen (secondary N) is 1. The van der Waals surface area contributed by atoms with Crippen LogP contribution in [0.3, 0.4) is 0 Å². The number of aromatic nitrogens is 1. The van der Waals surface area contributed by atoms with E-state index in [0.717, 1.165) is 35.6 Å². The van der Waals surface area contributed by atoms with Gasteiger partial charge in [-0.15, -0.1) is 0 Å². The quantitative estimate of drug-likeness (QED) is 0.559. The topological polar surface area (TPSA) is 80.6 Å². The summed E-state index contributed by atoms with van der Waals surface area (Å²) in [5.74, 6) is 0.157. The number of methoxy groups -OCH3 is 1. The van der Waals surface area contributed by atoms with Crippen molar-refractivity contribution in [3.63, 3.8) is 0 Å². The van der Waals surface area contributed by atoms with Crippen LogP contribution in [-0.4, -0.2) is 53.0 Å². The van der Waals surface area contributed by atoms with Crippen LogP contribution in [0, 0.1) is 19.8 Å². The van der Waals surface area contributed by atoms with E-state index >= 15 is 0 Å². The van der Waals surface area contributed by atoms with Crippen LogP contribution in [-0.2, 0) is 9.53 Å². The summed E-state index contributed by atoms with van der Waals surface area (Å²) in [5.41, 5.74) is 1.54. The van der Waals surface area contributed by atoms with Crippen molar-refractivity contribution in [3.05, 3.63) is 23.0 Å². The van der Waals surface area contributed by atoms with Gasteiger partial charge in [-0.3, -0.25) is 14.5 Å². The molecule has 1 aromatic heterocycles. The number of hydrogen-bond acceptors (Lipinski definition) is 4. The summed E-state index contributed by atoms with van der Waals surface area (Å²) in [5, 5.41) is 2.90. The molecule has 160 valence electrons. The molecule has 2 aliphatic rings. The number of ether oxygens (including phenoxy) is 1. The SMILES string of the molecule is CCC1CCC2(CC1)NC(=O)N(CC(=O)c1cc(C)n([C@H](C)COC)c1C)C2=O. The number of hydrogen-bond donors (Lipinski definition) is 1. The zero-order valence-electron chi connectivity index (χ0n) is 18.2. The van der Waals surface area contributed by atoms with E-state index in [2.05, 4.69) is 16.8 Å². The summed E-state index contributed by atoms with van der Waals surface area (Å²) < 4.78 is 7.31. The predicted molar refractivity (Wildman–Crippen MR) is 110 cm³/mol. The number of carbonyl (C=O) groups is 3. The zero-order valence-corrected chi connectivity index (χ0v) is 18.2. The van der Waals surface area contributed by atoms with Gasteiger partial charge in [0.05, 0.1) is 19.2 Å². The van der Waals surface area contributed by atoms with E-state index < -0.39 is 11.6 Å². The third kappa shape index (κ3) is 3.84. The maximum absolute atomic E-state index is 13.1. The summed E-state index contributed by atoms with van der Waals surface area (Å²) in [6, 6.07) is 1.49. The Morgan fingerprint density at radius 1 is 1.31 bits per heavy atom. The minimum atomic E-state index is -0.813. The van der Waals surface area contributed by atoms with Gasteiger partial charge < -0.3 is 14.6 Å². The molecule has 0 unspecified atom stereocenters. The molecule has 3 rings (SSSR count). The smallest absolute Gasteiger partial charge is 0.325 e. The van der Waals surface area contributed by atoms with Crippen LogP contribution in [0.2, 0.25) is 0 Å². The molecule has 1 spiro atoms. The summed E-state index contributed by atoms with van der Waals surface area (Å²) in [6.07, 6.45) is 4.27. The fourth-order valence-corrected chi connectivity index (χ4v) is 5.02. The lowest BCUT2D eigenvalue weighted by molar-refractivity contribution is -0.132. The van der Waals surface area contributed by atoms with Gasteiger partial charge in [-0.1, -0.05) is 13.3 Å².